The molecule has 0 aliphatic carbocycles. The predicted molar refractivity (Wildman–Crippen MR) is 76.1 cm³/mol. The van der Waals surface area contributed by atoms with Gasteiger partial charge >= 0.3 is 0 Å². The minimum atomic E-state index is -0.629. The van der Waals surface area contributed by atoms with Crippen molar-refractivity contribution in [3.8, 4) is 0 Å². The van der Waals surface area contributed by atoms with Crippen molar-refractivity contribution >= 4 is 17.3 Å². The summed E-state index contributed by atoms with van der Waals surface area (Å²) in [5.41, 5.74) is 6.24. The van der Waals surface area contributed by atoms with Crippen LogP contribution in [0.25, 0.3) is 0 Å². The smallest absolute Gasteiger partial charge is 0.241 e. The van der Waals surface area contributed by atoms with E-state index in [4.69, 9.17) is 10.5 Å². The van der Waals surface area contributed by atoms with Crippen LogP contribution in [-0.2, 0) is 9.53 Å². The van der Waals surface area contributed by atoms with E-state index in [2.05, 4.69) is 10.6 Å². The van der Waals surface area contributed by atoms with Crippen LogP contribution in [0.3, 0.4) is 0 Å². The lowest BCUT2D eigenvalue weighted by Gasteiger charge is -2.14. The molecule has 0 bridgehead atoms. The Hall–Kier alpha value is -1.66. The zero-order chi connectivity index (χ0) is 14.5. The predicted octanol–water partition coefficient (Wildman–Crippen LogP) is 1.70. The molecule has 2 rings (SSSR count). The van der Waals surface area contributed by atoms with Crippen LogP contribution in [0.5, 0.6) is 0 Å². The average molecular weight is 281 g/mol. The van der Waals surface area contributed by atoms with Gasteiger partial charge in [-0.15, -0.1) is 0 Å². The Morgan fingerprint density at radius 1 is 1.60 bits per heavy atom. The third-order valence-corrected chi connectivity index (χ3v) is 3.19. The Balaban J connectivity index is 1.93. The van der Waals surface area contributed by atoms with Crippen molar-refractivity contribution in [1.29, 1.82) is 0 Å². The molecular formula is C14H20FN3O2. The second-order valence-corrected chi connectivity index (χ2v) is 4.99. The van der Waals surface area contributed by atoms with E-state index in [1.807, 2.05) is 0 Å². The third kappa shape index (κ3) is 3.91. The summed E-state index contributed by atoms with van der Waals surface area (Å²) in [5, 5.41) is 5.57. The molecule has 6 heteroatoms. The minimum Gasteiger partial charge on any atom is -0.380 e. The normalized spacial score (nSPS) is 19.6. The van der Waals surface area contributed by atoms with Crippen LogP contribution in [-0.4, -0.2) is 31.2 Å². The maximum Gasteiger partial charge on any atom is 0.241 e. The fourth-order valence-electron chi connectivity index (χ4n) is 2.02. The summed E-state index contributed by atoms with van der Waals surface area (Å²) >= 11 is 0. The van der Waals surface area contributed by atoms with Gasteiger partial charge in [0, 0.05) is 18.8 Å². The number of halogens is 1. The van der Waals surface area contributed by atoms with Gasteiger partial charge < -0.3 is 21.1 Å². The highest BCUT2D eigenvalue weighted by Crippen LogP contribution is 2.20. The van der Waals surface area contributed by atoms with E-state index in [-0.39, 0.29) is 12.0 Å². The number of hydrogen-bond donors (Lipinski definition) is 3. The number of anilines is 2. The van der Waals surface area contributed by atoms with E-state index < -0.39 is 11.9 Å². The largest absolute Gasteiger partial charge is 0.380 e. The van der Waals surface area contributed by atoms with E-state index in [1.165, 1.54) is 6.07 Å². The second-order valence-electron chi connectivity index (χ2n) is 4.99. The Morgan fingerprint density at radius 3 is 3.00 bits per heavy atom. The molecule has 110 valence electrons. The van der Waals surface area contributed by atoms with Crippen LogP contribution >= 0.6 is 0 Å². The number of hydrogen-bond acceptors (Lipinski definition) is 4. The second kappa shape index (κ2) is 6.67. The molecule has 0 spiro atoms. The van der Waals surface area contributed by atoms with Crippen molar-refractivity contribution in [2.75, 3.05) is 23.8 Å². The first-order chi connectivity index (χ1) is 9.56. The number of nitrogens with one attached hydrogen (secondary N) is 2. The van der Waals surface area contributed by atoms with E-state index in [1.54, 1.807) is 19.1 Å². The molecule has 2 unspecified atom stereocenters. The molecule has 20 heavy (non-hydrogen) atoms. The first kappa shape index (κ1) is 14.7. The van der Waals surface area contributed by atoms with Crippen LogP contribution in [0.1, 0.15) is 19.8 Å². The van der Waals surface area contributed by atoms with Gasteiger partial charge in [-0.2, -0.15) is 0 Å². The number of nitrogens with two attached hydrogens (primary N) is 1. The highest BCUT2D eigenvalue weighted by Gasteiger charge is 2.16. The summed E-state index contributed by atoms with van der Waals surface area (Å²) in [4.78, 5) is 11.4. The molecular weight excluding hydrogens is 261 g/mol. The summed E-state index contributed by atoms with van der Waals surface area (Å²) in [5.74, 6) is -0.755. The van der Waals surface area contributed by atoms with Crippen LogP contribution in [0.15, 0.2) is 18.2 Å². The van der Waals surface area contributed by atoms with Crippen molar-refractivity contribution in [3.63, 3.8) is 0 Å². The lowest BCUT2D eigenvalue weighted by atomic mass is 10.2. The van der Waals surface area contributed by atoms with Gasteiger partial charge in [-0.25, -0.2) is 4.39 Å². The van der Waals surface area contributed by atoms with Crippen LogP contribution < -0.4 is 16.4 Å². The van der Waals surface area contributed by atoms with Gasteiger partial charge in [0.25, 0.3) is 0 Å². The van der Waals surface area contributed by atoms with Crippen molar-refractivity contribution in [2.45, 2.75) is 31.9 Å². The molecule has 1 amide bonds. The Morgan fingerprint density at radius 2 is 2.40 bits per heavy atom. The molecule has 1 fully saturated rings. The van der Waals surface area contributed by atoms with E-state index in [0.29, 0.717) is 17.9 Å². The number of carbonyl (C=O) groups excluding carboxylic acids is 1. The van der Waals surface area contributed by atoms with Crippen LogP contribution in [0, 0.1) is 5.82 Å². The van der Waals surface area contributed by atoms with Gasteiger partial charge in [0.15, 0.2) is 0 Å². The molecule has 5 nitrogen and oxygen atoms in total. The Bertz CT molecular complexity index is 473. The molecule has 1 aliphatic rings. The molecule has 0 saturated carbocycles. The maximum atomic E-state index is 13.9. The number of carbonyl (C=O) groups is 1. The molecule has 1 heterocycles. The van der Waals surface area contributed by atoms with E-state index in [0.717, 1.165) is 19.4 Å². The molecule has 1 aromatic rings. The van der Waals surface area contributed by atoms with Gasteiger partial charge in [-0.1, -0.05) is 0 Å². The van der Waals surface area contributed by atoms with Crippen molar-refractivity contribution in [3.05, 3.63) is 24.0 Å². The zero-order valence-corrected chi connectivity index (χ0v) is 11.5. The zero-order valence-electron chi connectivity index (χ0n) is 11.5. The maximum absolute atomic E-state index is 13.9. The van der Waals surface area contributed by atoms with Crippen molar-refractivity contribution < 1.29 is 13.9 Å². The third-order valence-electron chi connectivity index (χ3n) is 3.19. The summed E-state index contributed by atoms with van der Waals surface area (Å²) < 4.78 is 19.4. The molecule has 0 radical (unpaired) electrons. The minimum absolute atomic E-state index is 0.145. The number of rotatable bonds is 5. The summed E-state index contributed by atoms with van der Waals surface area (Å²) in [6.07, 6.45) is 2.20. The molecule has 1 aromatic carbocycles. The van der Waals surface area contributed by atoms with E-state index >= 15 is 0 Å². The SMILES string of the molecule is CC(N)C(=O)Nc1ccc(NCC2CCCO2)c(F)c1. The van der Waals surface area contributed by atoms with Crippen LogP contribution in [0.4, 0.5) is 15.8 Å². The monoisotopic (exact) mass is 281 g/mol. The van der Waals surface area contributed by atoms with Gasteiger partial charge in [-0.3, -0.25) is 4.79 Å². The number of benzene rings is 1. The molecule has 0 aromatic heterocycles. The quantitative estimate of drug-likeness (QED) is 0.768. The lowest BCUT2D eigenvalue weighted by Crippen LogP contribution is -2.32. The molecule has 2 atom stereocenters. The standard InChI is InChI=1S/C14H20FN3O2/c1-9(16)14(19)18-10-4-5-13(12(15)7-10)17-8-11-3-2-6-20-11/h4-5,7,9,11,17H,2-3,6,8,16H2,1H3,(H,18,19). The topological polar surface area (TPSA) is 76.4 Å². The average Bonchev–Trinajstić information content (AvgIpc) is 2.90. The van der Waals surface area contributed by atoms with Gasteiger partial charge in [0.05, 0.1) is 17.8 Å². The van der Waals surface area contributed by atoms with Crippen LogP contribution in [0.2, 0.25) is 0 Å². The molecule has 1 aliphatic heterocycles. The Kier molecular flexibility index (Phi) is 4.92. The molecule has 1 saturated heterocycles. The van der Waals surface area contributed by atoms with Crippen molar-refractivity contribution in [2.24, 2.45) is 5.73 Å². The number of amides is 1. The summed E-state index contributed by atoms with van der Waals surface area (Å²) in [7, 11) is 0. The Labute approximate surface area is 117 Å². The highest BCUT2D eigenvalue weighted by atomic mass is 19.1. The molecule has 4 N–H and O–H groups in total. The summed E-state index contributed by atoms with van der Waals surface area (Å²) in [6, 6.07) is 3.89. The number of ether oxygens (including phenoxy) is 1. The lowest BCUT2D eigenvalue weighted by molar-refractivity contribution is -0.117. The first-order valence-corrected chi connectivity index (χ1v) is 6.77. The fraction of sp³-hybridized carbons (Fsp3) is 0.500. The highest BCUT2D eigenvalue weighted by molar-refractivity contribution is 5.94. The van der Waals surface area contributed by atoms with Gasteiger partial charge in [0.1, 0.15) is 5.82 Å². The summed E-state index contributed by atoms with van der Waals surface area (Å²) in [6.45, 7) is 2.93. The van der Waals surface area contributed by atoms with Gasteiger partial charge in [0.2, 0.25) is 5.91 Å². The first-order valence-electron chi connectivity index (χ1n) is 6.77. The van der Waals surface area contributed by atoms with Gasteiger partial charge in [-0.05, 0) is 38.0 Å². The fourth-order valence-corrected chi connectivity index (χ4v) is 2.02. The van der Waals surface area contributed by atoms with E-state index in [9.17, 15) is 9.18 Å². The van der Waals surface area contributed by atoms with Crippen molar-refractivity contribution in [1.82, 2.24) is 0 Å².